The van der Waals surface area contributed by atoms with Gasteiger partial charge in [0, 0.05) is 34.9 Å². The number of nitrogens with one attached hydrogen (secondary N) is 1. The van der Waals surface area contributed by atoms with Gasteiger partial charge in [0.2, 0.25) is 0 Å². The van der Waals surface area contributed by atoms with Crippen molar-refractivity contribution in [3.05, 3.63) is 71.0 Å². The lowest BCUT2D eigenvalue weighted by Gasteiger charge is -2.07. The van der Waals surface area contributed by atoms with Crippen molar-refractivity contribution in [1.82, 2.24) is 5.32 Å². The van der Waals surface area contributed by atoms with Crippen molar-refractivity contribution < 1.29 is 13.4 Å². The molecule has 0 aliphatic heterocycles. The van der Waals surface area contributed by atoms with Gasteiger partial charge in [0.05, 0.1) is 0 Å². The third-order valence-electron chi connectivity index (χ3n) is 3.17. The van der Waals surface area contributed by atoms with E-state index in [4.69, 9.17) is 0 Å². The number of carbonyl (C=O) groups excluding carboxylic acids is 1. The first-order valence-electron chi connectivity index (χ1n) is 6.96. The summed E-state index contributed by atoms with van der Waals surface area (Å²) >= 11 is 0. The first-order valence-corrected chi connectivity index (χ1v) is 8.69. The standard InChI is InChI=1S/C17H18FNO2S/c1-22(21)12-14-3-2-4-15(11-14)17(20)19-10-9-13-5-7-16(18)8-6-13/h2-8,11H,9-10,12H2,1H3,(H,19,20). The van der Waals surface area contributed by atoms with Gasteiger partial charge in [-0.1, -0.05) is 24.3 Å². The third-order valence-corrected chi connectivity index (χ3v) is 3.91. The van der Waals surface area contributed by atoms with E-state index in [2.05, 4.69) is 5.32 Å². The Morgan fingerprint density at radius 2 is 1.86 bits per heavy atom. The van der Waals surface area contributed by atoms with Crippen LogP contribution in [0.5, 0.6) is 0 Å². The molecule has 1 amide bonds. The molecule has 0 heterocycles. The highest BCUT2D eigenvalue weighted by Crippen LogP contribution is 2.08. The Balaban J connectivity index is 1.89. The monoisotopic (exact) mass is 319 g/mol. The Bertz CT molecular complexity index is 671. The summed E-state index contributed by atoms with van der Waals surface area (Å²) in [5, 5.41) is 2.83. The third kappa shape index (κ3) is 5.07. The van der Waals surface area contributed by atoms with Crippen molar-refractivity contribution >= 4 is 16.7 Å². The molecule has 2 rings (SSSR count). The molecule has 0 bridgehead atoms. The predicted octanol–water partition coefficient (Wildman–Crippen LogP) is 2.68. The Morgan fingerprint density at radius 1 is 1.14 bits per heavy atom. The smallest absolute Gasteiger partial charge is 0.251 e. The minimum absolute atomic E-state index is 0.161. The maximum atomic E-state index is 12.8. The molecule has 3 nitrogen and oxygen atoms in total. The molecule has 0 radical (unpaired) electrons. The first kappa shape index (κ1) is 16.4. The zero-order chi connectivity index (χ0) is 15.9. The largest absolute Gasteiger partial charge is 0.352 e. The first-order chi connectivity index (χ1) is 10.5. The van der Waals surface area contributed by atoms with Crippen molar-refractivity contribution in [3.8, 4) is 0 Å². The second-order valence-electron chi connectivity index (χ2n) is 5.05. The van der Waals surface area contributed by atoms with Crippen LogP contribution < -0.4 is 5.32 Å². The van der Waals surface area contributed by atoms with Gasteiger partial charge in [-0.3, -0.25) is 9.00 Å². The van der Waals surface area contributed by atoms with Crippen molar-refractivity contribution in [2.45, 2.75) is 12.2 Å². The molecular formula is C17H18FNO2S. The topological polar surface area (TPSA) is 46.2 Å². The van der Waals surface area contributed by atoms with Crippen LogP contribution in [-0.4, -0.2) is 22.9 Å². The van der Waals surface area contributed by atoms with E-state index < -0.39 is 10.8 Å². The second-order valence-corrected chi connectivity index (χ2v) is 6.49. The molecule has 5 heteroatoms. The summed E-state index contributed by atoms with van der Waals surface area (Å²) in [6.07, 6.45) is 2.28. The summed E-state index contributed by atoms with van der Waals surface area (Å²) in [5.41, 5.74) is 2.41. The maximum absolute atomic E-state index is 12.8. The molecule has 0 aromatic heterocycles. The van der Waals surface area contributed by atoms with Crippen molar-refractivity contribution in [3.63, 3.8) is 0 Å². The van der Waals surface area contributed by atoms with Gasteiger partial charge in [-0.15, -0.1) is 0 Å². The van der Waals surface area contributed by atoms with Crippen molar-refractivity contribution in [2.75, 3.05) is 12.8 Å². The van der Waals surface area contributed by atoms with E-state index in [0.717, 1.165) is 11.1 Å². The fraction of sp³-hybridized carbons (Fsp3) is 0.235. The number of hydrogen-bond acceptors (Lipinski definition) is 2. The lowest BCUT2D eigenvalue weighted by Crippen LogP contribution is -2.25. The van der Waals surface area contributed by atoms with Crippen LogP contribution in [0.3, 0.4) is 0 Å². The molecule has 1 unspecified atom stereocenters. The molecule has 1 atom stereocenters. The highest BCUT2D eigenvalue weighted by atomic mass is 32.2. The van der Waals surface area contributed by atoms with E-state index in [-0.39, 0.29) is 11.7 Å². The molecule has 0 saturated carbocycles. The highest BCUT2D eigenvalue weighted by Gasteiger charge is 2.06. The van der Waals surface area contributed by atoms with Gasteiger partial charge in [-0.25, -0.2) is 4.39 Å². The Morgan fingerprint density at radius 3 is 2.55 bits per heavy atom. The molecule has 0 aliphatic carbocycles. The van der Waals surface area contributed by atoms with Crippen molar-refractivity contribution in [1.29, 1.82) is 0 Å². The summed E-state index contributed by atoms with van der Waals surface area (Å²) in [6.45, 7) is 0.481. The SMILES string of the molecule is CS(=O)Cc1cccc(C(=O)NCCc2ccc(F)cc2)c1. The molecule has 22 heavy (non-hydrogen) atoms. The molecule has 0 fully saturated rings. The average molecular weight is 319 g/mol. The number of benzene rings is 2. The van der Waals surface area contributed by atoms with Crippen LogP contribution in [0.4, 0.5) is 4.39 Å². The molecule has 0 saturated heterocycles. The lowest BCUT2D eigenvalue weighted by molar-refractivity contribution is 0.0954. The molecular weight excluding hydrogens is 301 g/mol. The number of carbonyl (C=O) groups is 1. The Hall–Kier alpha value is -2.01. The van der Waals surface area contributed by atoms with Gasteiger partial charge in [0.1, 0.15) is 5.82 Å². The van der Waals surface area contributed by atoms with Crippen molar-refractivity contribution in [2.24, 2.45) is 0 Å². The van der Waals surface area contributed by atoms with Crippen LogP contribution in [-0.2, 0) is 23.0 Å². The van der Waals surface area contributed by atoms with E-state index in [9.17, 15) is 13.4 Å². The van der Waals surface area contributed by atoms with Gasteiger partial charge in [-0.05, 0) is 41.8 Å². The van der Waals surface area contributed by atoms with Crippen LogP contribution in [0, 0.1) is 5.82 Å². The summed E-state index contributed by atoms with van der Waals surface area (Å²) in [5.74, 6) is 0.0141. The maximum Gasteiger partial charge on any atom is 0.251 e. The van der Waals surface area contributed by atoms with Gasteiger partial charge >= 0.3 is 0 Å². The zero-order valence-corrected chi connectivity index (χ0v) is 13.2. The lowest BCUT2D eigenvalue weighted by atomic mass is 10.1. The summed E-state index contributed by atoms with van der Waals surface area (Å²) < 4.78 is 24.0. The molecule has 0 aliphatic rings. The number of halogens is 1. The van der Waals surface area contributed by atoms with E-state index in [0.29, 0.717) is 24.3 Å². The van der Waals surface area contributed by atoms with Gasteiger partial charge in [0.15, 0.2) is 0 Å². The Labute approximate surface area is 132 Å². The number of hydrogen-bond donors (Lipinski definition) is 1. The van der Waals surface area contributed by atoms with E-state index in [1.54, 1.807) is 36.6 Å². The molecule has 1 N–H and O–H groups in total. The molecule has 2 aromatic carbocycles. The molecule has 0 spiro atoms. The van der Waals surface area contributed by atoms with Gasteiger partial charge in [0.25, 0.3) is 5.91 Å². The molecule has 116 valence electrons. The quantitative estimate of drug-likeness (QED) is 0.890. The number of rotatable bonds is 6. The fourth-order valence-electron chi connectivity index (χ4n) is 2.11. The predicted molar refractivity (Wildman–Crippen MR) is 86.6 cm³/mol. The van der Waals surface area contributed by atoms with Crippen LogP contribution in [0.15, 0.2) is 48.5 Å². The summed E-state index contributed by atoms with van der Waals surface area (Å²) in [4.78, 5) is 12.1. The summed E-state index contributed by atoms with van der Waals surface area (Å²) in [7, 11) is -0.933. The zero-order valence-electron chi connectivity index (χ0n) is 12.3. The van der Waals surface area contributed by atoms with Gasteiger partial charge in [-0.2, -0.15) is 0 Å². The van der Waals surface area contributed by atoms with Crippen LogP contribution in [0.25, 0.3) is 0 Å². The highest BCUT2D eigenvalue weighted by molar-refractivity contribution is 7.83. The second kappa shape index (κ2) is 7.84. The minimum Gasteiger partial charge on any atom is -0.352 e. The van der Waals surface area contributed by atoms with Gasteiger partial charge < -0.3 is 5.32 Å². The summed E-state index contributed by atoms with van der Waals surface area (Å²) in [6, 6.07) is 13.4. The fourth-order valence-corrected chi connectivity index (χ4v) is 2.76. The van der Waals surface area contributed by atoms with E-state index in [1.165, 1.54) is 12.1 Å². The van der Waals surface area contributed by atoms with Crippen LogP contribution >= 0.6 is 0 Å². The number of amides is 1. The van der Waals surface area contributed by atoms with Crippen LogP contribution in [0.2, 0.25) is 0 Å². The Kier molecular flexibility index (Phi) is 5.83. The van der Waals surface area contributed by atoms with E-state index in [1.807, 2.05) is 6.07 Å². The normalized spacial score (nSPS) is 11.9. The average Bonchev–Trinajstić information content (AvgIpc) is 2.49. The molecule has 2 aromatic rings. The minimum atomic E-state index is -0.933. The van der Waals surface area contributed by atoms with E-state index >= 15 is 0 Å². The van der Waals surface area contributed by atoms with Crippen LogP contribution in [0.1, 0.15) is 21.5 Å².